The number of hydrogen-bond acceptors (Lipinski definition) is 3. The van der Waals surface area contributed by atoms with Crippen LogP contribution < -0.4 is 10.2 Å². The molecule has 0 saturated carbocycles. The Kier molecular flexibility index (Phi) is 6.58. The average Bonchev–Trinajstić information content (AvgIpc) is 3.08. The Hall–Kier alpha value is -3.09. The van der Waals surface area contributed by atoms with Gasteiger partial charge in [0.2, 0.25) is 11.8 Å². The minimum atomic E-state index is -0.717. The van der Waals surface area contributed by atoms with Gasteiger partial charge >= 0.3 is 0 Å². The lowest BCUT2D eigenvalue weighted by Crippen LogP contribution is -2.51. The van der Waals surface area contributed by atoms with E-state index in [-0.39, 0.29) is 30.8 Å². The van der Waals surface area contributed by atoms with Crippen molar-refractivity contribution in [2.45, 2.75) is 25.9 Å². The quantitative estimate of drug-likeness (QED) is 0.531. The van der Waals surface area contributed by atoms with E-state index in [9.17, 15) is 14.4 Å². The molecule has 1 heterocycles. The first-order valence-corrected chi connectivity index (χ1v) is 11.4. The molecule has 1 aliphatic rings. The van der Waals surface area contributed by atoms with Crippen molar-refractivity contribution >= 4 is 57.4 Å². The maximum Gasteiger partial charge on any atom is 0.259 e. The lowest BCUT2D eigenvalue weighted by atomic mass is 10.1. The maximum absolute atomic E-state index is 13.6. The van der Waals surface area contributed by atoms with Crippen LogP contribution in [0.3, 0.4) is 0 Å². The lowest BCUT2D eigenvalue weighted by Gasteiger charge is -2.32. The second kappa shape index (κ2) is 9.41. The fourth-order valence-electron chi connectivity index (χ4n) is 4.28. The van der Waals surface area contributed by atoms with E-state index >= 15 is 0 Å². The van der Waals surface area contributed by atoms with E-state index in [0.29, 0.717) is 33.3 Å². The van der Waals surface area contributed by atoms with Gasteiger partial charge in [0.05, 0.1) is 5.69 Å². The molecule has 0 aliphatic carbocycles. The largest absolute Gasteiger partial charge is 0.357 e. The summed E-state index contributed by atoms with van der Waals surface area (Å²) in [5.41, 5.74) is 1.93. The summed E-state index contributed by atoms with van der Waals surface area (Å²) in [6.45, 7) is 1.76. The van der Waals surface area contributed by atoms with E-state index in [0.717, 1.165) is 10.8 Å². The van der Waals surface area contributed by atoms with Crippen LogP contribution in [-0.4, -0.2) is 42.3 Å². The zero-order chi connectivity index (χ0) is 23.7. The van der Waals surface area contributed by atoms with E-state index < -0.39 is 6.04 Å². The first-order chi connectivity index (χ1) is 15.8. The van der Waals surface area contributed by atoms with Crippen molar-refractivity contribution in [1.82, 2.24) is 10.2 Å². The van der Waals surface area contributed by atoms with Crippen LogP contribution in [-0.2, 0) is 16.1 Å². The molecular formula is C25H23Cl2N3O3. The van der Waals surface area contributed by atoms with Crippen molar-refractivity contribution < 1.29 is 14.4 Å². The van der Waals surface area contributed by atoms with Gasteiger partial charge in [0.25, 0.3) is 5.91 Å². The Morgan fingerprint density at radius 1 is 1.09 bits per heavy atom. The van der Waals surface area contributed by atoms with Gasteiger partial charge in [-0.15, -0.1) is 0 Å². The summed E-state index contributed by atoms with van der Waals surface area (Å²) < 4.78 is 0. The number of hydrogen-bond donors (Lipinski definition) is 1. The van der Waals surface area contributed by atoms with Gasteiger partial charge in [0.1, 0.15) is 12.6 Å². The van der Waals surface area contributed by atoms with Gasteiger partial charge in [0, 0.05) is 34.6 Å². The van der Waals surface area contributed by atoms with Crippen molar-refractivity contribution in [2.24, 2.45) is 0 Å². The van der Waals surface area contributed by atoms with Crippen molar-refractivity contribution in [3.8, 4) is 0 Å². The Bertz CT molecular complexity index is 1260. The molecule has 1 atom stereocenters. The monoisotopic (exact) mass is 483 g/mol. The summed E-state index contributed by atoms with van der Waals surface area (Å²) >= 11 is 12.4. The highest BCUT2D eigenvalue weighted by molar-refractivity contribution is 6.35. The fourth-order valence-corrected chi connectivity index (χ4v) is 4.75. The summed E-state index contributed by atoms with van der Waals surface area (Å²) in [6.07, 6.45) is 0.403. The van der Waals surface area contributed by atoms with Gasteiger partial charge in [-0.25, -0.2) is 0 Å². The molecule has 170 valence electrons. The molecule has 3 aromatic carbocycles. The second-order valence-electron chi connectivity index (χ2n) is 7.87. The summed E-state index contributed by atoms with van der Waals surface area (Å²) in [5, 5.41) is 5.29. The smallest absolute Gasteiger partial charge is 0.259 e. The predicted molar refractivity (Wildman–Crippen MR) is 131 cm³/mol. The SMILES string of the molecule is CC[C@@H](C(=O)NC)N(Cc1ccc(Cl)cc1Cl)C(=O)CN1C(=O)c2cccc3cccc1c23. The number of benzene rings is 3. The lowest BCUT2D eigenvalue weighted by molar-refractivity contribution is -0.140. The van der Waals surface area contributed by atoms with E-state index in [1.807, 2.05) is 37.3 Å². The molecule has 0 radical (unpaired) electrons. The number of anilines is 1. The van der Waals surface area contributed by atoms with Gasteiger partial charge in [0.15, 0.2) is 0 Å². The highest BCUT2D eigenvalue weighted by atomic mass is 35.5. The summed E-state index contributed by atoms with van der Waals surface area (Å²) in [5.74, 6) is -0.865. The molecule has 1 aliphatic heterocycles. The molecule has 0 fully saturated rings. The molecule has 4 rings (SSSR count). The summed E-state index contributed by atoms with van der Waals surface area (Å²) in [4.78, 5) is 42.3. The molecule has 3 aromatic rings. The van der Waals surface area contributed by atoms with Gasteiger partial charge in [-0.1, -0.05) is 60.5 Å². The van der Waals surface area contributed by atoms with Gasteiger partial charge in [-0.2, -0.15) is 0 Å². The number of carbonyl (C=O) groups is 3. The highest BCUT2D eigenvalue weighted by Gasteiger charge is 2.35. The van der Waals surface area contributed by atoms with Crippen LogP contribution in [0.5, 0.6) is 0 Å². The van der Waals surface area contributed by atoms with Crippen LogP contribution in [0.25, 0.3) is 10.8 Å². The third-order valence-corrected chi connectivity index (χ3v) is 6.52. The minimum absolute atomic E-state index is 0.111. The molecule has 0 saturated heterocycles. The Morgan fingerprint density at radius 2 is 1.82 bits per heavy atom. The first kappa shape index (κ1) is 23.1. The van der Waals surface area contributed by atoms with Crippen LogP contribution in [0.15, 0.2) is 54.6 Å². The van der Waals surface area contributed by atoms with Crippen molar-refractivity contribution in [3.63, 3.8) is 0 Å². The molecule has 0 bridgehead atoms. The topological polar surface area (TPSA) is 69.7 Å². The molecule has 0 spiro atoms. The van der Waals surface area contributed by atoms with E-state index in [1.54, 1.807) is 24.3 Å². The number of halogens is 2. The normalized spacial score (nSPS) is 13.3. The van der Waals surface area contributed by atoms with Gasteiger partial charge in [-0.05, 0) is 41.6 Å². The van der Waals surface area contributed by atoms with E-state index in [1.165, 1.54) is 16.8 Å². The molecule has 0 unspecified atom stereocenters. The number of likely N-dealkylation sites (N-methyl/N-ethyl adjacent to an activating group) is 1. The summed E-state index contributed by atoms with van der Waals surface area (Å²) in [7, 11) is 1.53. The second-order valence-corrected chi connectivity index (χ2v) is 8.71. The number of rotatable bonds is 7. The first-order valence-electron chi connectivity index (χ1n) is 10.6. The number of nitrogens with one attached hydrogen (secondary N) is 1. The molecule has 3 amide bonds. The summed E-state index contributed by atoms with van der Waals surface area (Å²) in [6, 6.07) is 15.5. The third kappa shape index (κ3) is 4.28. The molecule has 1 N–H and O–H groups in total. The molecular weight excluding hydrogens is 461 g/mol. The van der Waals surface area contributed by atoms with Gasteiger partial charge in [-0.3, -0.25) is 19.3 Å². The predicted octanol–water partition coefficient (Wildman–Crippen LogP) is 4.66. The Morgan fingerprint density at radius 3 is 2.48 bits per heavy atom. The molecule has 6 nitrogen and oxygen atoms in total. The van der Waals surface area contributed by atoms with Crippen molar-refractivity contribution in [3.05, 3.63) is 75.8 Å². The molecule has 8 heteroatoms. The van der Waals surface area contributed by atoms with Crippen molar-refractivity contribution in [1.29, 1.82) is 0 Å². The zero-order valence-electron chi connectivity index (χ0n) is 18.3. The number of nitrogens with zero attached hydrogens (tertiary/aromatic N) is 2. The van der Waals surface area contributed by atoms with Crippen LogP contribution >= 0.6 is 23.2 Å². The van der Waals surface area contributed by atoms with Crippen LogP contribution in [0, 0.1) is 0 Å². The van der Waals surface area contributed by atoms with E-state index in [2.05, 4.69) is 5.32 Å². The van der Waals surface area contributed by atoms with Crippen LogP contribution in [0.2, 0.25) is 10.0 Å². The Balaban J connectivity index is 1.68. The highest BCUT2D eigenvalue weighted by Crippen LogP contribution is 2.37. The zero-order valence-corrected chi connectivity index (χ0v) is 19.8. The number of carbonyl (C=O) groups excluding carboxylic acids is 3. The van der Waals surface area contributed by atoms with Crippen LogP contribution in [0.4, 0.5) is 5.69 Å². The standard InChI is InChI=1S/C25H23Cl2N3O3/c1-3-20(24(32)28-2)29(13-16-10-11-17(26)12-19(16)27)22(31)14-30-21-9-5-7-15-6-4-8-18(23(15)21)25(30)33/h4-12,20H,3,13-14H2,1-2H3,(H,28,32)/t20-/m0/s1. The minimum Gasteiger partial charge on any atom is -0.357 e. The maximum atomic E-state index is 13.6. The van der Waals surface area contributed by atoms with E-state index in [4.69, 9.17) is 23.2 Å². The van der Waals surface area contributed by atoms with Gasteiger partial charge < -0.3 is 10.2 Å². The average molecular weight is 484 g/mol. The van der Waals surface area contributed by atoms with Crippen molar-refractivity contribution in [2.75, 3.05) is 18.5 Å². The fraction of sp³-hybridized carbons (Fsp3) is 0.240. The molecule has 0 aromatic heterocycles. The molecule has 33 heavy (non-hydrogen) atoms. The third-order valence-electron chi connectivity index (χ3n) is 5.93. The van der Waals surface area contributed by atoms with Crippen LogP contribution in [0.1, 0.15) is 29.3 Å². The number of amides is 3. The Labute approximate surface area is 202 Å².